The van der Waals surface area contributed by atoms with Crippen molar-refractivity contribution in [2.24, 2.45) is 0 Å². The Labute approximate surface area is 112 Å². The summed E-state index contributed by atoms with van der Waals surface area (Å²) in [5, 5.41) is 14.1. The van der Waals surface area contributed by atoms with Crippen molar-refractivity contribution in [3.8, 4) is 0 Å². The molecule has 0 amide bonds. The third kappa shape index (κ3) is 3.53. The van der Waals surface area contributed by atoms with Gasteiger partial charge in [0.15, 0.2) is 0 Å². The molecule has 0 aromatic carbocycles. The van der Waals surface area contributed by atoms with Crippen LogP contribution in [-0.4, -0.2) is 16.5 Å². The zero-order chi connectivity index (χ0) is 13.7. The topological polar surface area (TPSA) is 68.1 Å². The van der Waals surface area contributed by atoms with Crippen LogP contribution in [0.2, 0.25) is 0 Å². The van der Waals surface area contributed by atoms with E-state index >= 15 is 0 Å². The number of aryl methyl sites for hydroxylation is 1. The third-order valence-corrected chi connectivity index (χ3v) is 3.43. The molecule has 1 aliphatic rings. The van der Waals surface area contributed by atoms with Crippen LogP contribution in [0, 0.1) is 17.0 Å². The molecule has 102 valence electrons. The molecular formula is C14H19N3O2. The maximum atomic E-state index is 11.0. The van der Waals surface area contributed by atoms with Crippen LogP contribution in [-0.2, 0) is 0 Å². The molecule has 0 radical (unpaired) electrons. The number of nitrogens with one attached hydrogen (secondary N) is 1. The van der Waals surface area contributed by atoms with Gasteiger partial charge in [0.25, 0.3) is 0 Å². The molecule has 5 nitrogen and oxygen atoms in total. The fourth-order valence-corrected chi connectivity index (χ4v) is 2.38. The second-order valence-corrected chi connectivity index (χ2v) is 4.87. The second kappa shape index (κ2) is 6.31. The maximum absolute atomic E-state index is 11.0. The summed E-state index contributed by atoms with van der Waals surface area (Å²) in [7, 11) is 0. The van der Waals surface area contributed by atoms with Crippen molar-refractivity contribution in [3.63, 3.8) is 0 Å². The van der Waals surface area contributed by atoms with E-state index in [1.54, 1.807) is 19.2 Å². The van der Waals surface area contributed by atoms with E-state index in [9.17, 15) is 10.1 Å². The van der Waals surface area contributed by atoms with E-state index in [1.807, 2.05) is 0 Å². The number of anilines is 1. The van der Waals surface area contributed by atoms with Crippen LogP contribution >= 0.6 is 0 Å². The second-order valence-electron chi connectivity index (χ2n) is 4.87. The summed E-state index contributed by atoms with van der Waals surface area (Å²) in [5.74, 6) is 0.376. The lowest BCUT2D eigenvalue weighted by molar-refractivity contribution is -0.384. The number of rotatable bonds is 5. The van der Waals surface area contributed by atoms with Gasteiger partial charge in [0.2, 0.25) is 5.82 Å². The third-order valence-electron chi connectivity index (χ3n) is 3.43. The van der Waals surface area contributed by atoms with Gasteiger partial charge in [-0.1, -0.05) is 11.6 Å². The molecule has 1 aliphatic carbocycles. The van der Waals surface area contributed by atoms with E-state index in [4.69, 9.17) is 0 Å². The van der Waals surface area contributed by atoms with E-state index in [1.165, 1.54) is 18.4 Å². The van der Waals surface area contributed by atoms with E-state index in [0.717, 1.165) is 19.3 Å². The van der Waals surface area contributed by atoms with Gasteiger partial charge < -0.3 is 5.32 Å². The number of hydrogen-bond donors (Lipinski definition) is 1. The van der Waals surface area contributed by atoms with Crippen LogP contribution in [0.25, 0.3) is 0 Å². The molecule has 19 heavy (non-hydrogen) atoms. The molecule has 0 spiro atoms. The zero-order valence-electron chi connectivity index (χ0n) is 11.2. The normalized spacial score (nSPS) is 14.9. The van der Waals surface area contributed by atoms with Crippen molar-refractivity contribution in [1.29, 1.82) is 0 Å². The summed E-state index contributed by atoms with van der Waals surface area (Å²) in [6, 6.07) is 1.66. The Kier molecular flexibility index (Phi) is 4.49. The van der Waals surface area contributed by atoms with Gasteiger partial charge in [0, 0.05) is 18.3 Å². The van der Waals surface area contributed by atoms with Crippen LogP contribution in [0.15, 0.2) is 23.9 Å². The van der Waals surface area contributed by atoms with Gasteiger partial charge in [-0.15, -0.1) is 0 Å². The highest BCUT2D eigenvalue weighted by molar-refractivity contribution is 5.59. The minimum atomic E-state index is -0.370. The number of pyridine rings is 1. The van der Waals surface area contributed by atoms with Crippen molar-refractivity contribution in [3.05, 3.63) is 39.6 Å². The first-order valence-corrected chi connectivity index (χ1v) is 6.70. The van der Waals surface area contributed by atoms with E-state index in [0.29, 0.717) is 17.9 Å². The Morgan fingerprint density at radius 2 is 2.32 bits per heavy atom. The molecule has 2 rings (SSSR count). The lowest BCUT2D eigenvalue weighted by Crippen LogP contribution is -2.08. The summed E-state index contributed by atoms with van der Waals surface area (Å²) < 4.78 is 0. The Bertz CT molecular complexity index is 497. The van der Waals surface area contributed by atoms with Crippen LogP contribution in [0.4, 0.5) is 11.5 Å². The van der Waals surface area contributed by atoms with Gasteiger partial charge in [-0.3, -0.25) is 10.1 Å². The minimum Gasteiger partial charge on any atom is -0.364 e. The molecule has 0 unspecified atom stereocenters. The Hall–Kier alpha value is -1.91. The molecule has 0 bridgehead atoms. The lowest BCUT2D eigenvalue weighted by Gasteiger charge is -2.13. The summed E-state index contributed by atoms with van der Waals surface area (Å²) >= 11 is 0. The molecule has 0 saturated carbocycles. The van der Waals surface area contributed by atoms with Crippen LogP contribution in [0.5, 0.6) is 0 Å². The van der Waals surface area contributed by atoms with Gasteiger partial charge >= 0.3 is 5.69 Å². The first-order chi connectivity index (χ1) is 9.18. The highest BCUT2D eigenvalue weighted by Crippen LogP contribution is 2.26. The number of aromatic nitrogens is 1. The van der Waals surface area contributed by atoms with Gasteiger partial charge in [0.05, 0.1) is 4.92 Å². The molecule has 0 fully saturated rings. The predicted octanol–water partition coefficient (Wildman–Crippen LogP) is 3.60. The number of hydrogen-bond acceptors (Lipinski definition) is 4. The molecule has 1 N–H and O–H groups in total. The lowest BCUT2D eigenvalue weighted by atomic mass is 9.97. The van der Waals surface area contributed by atoms with E-state index < -0.39 is 0 Å². The smallest absolute Gasteiger partial charge is 0.314 e. The average Bonchev–Trinajstić information content (AvgIpc) is 2.39. The summed E-state index contributed by atoms with van der Waals surface area (Å²) in [4.78, 5) is 14.7. The molecule has 1 aromatic rings. The van der Waals surface area contributed by atoms with Crippen LogP contribution in [0.3, 0.4) is 0 Å². The SMILES string of the molecule is Cc1ccnc(NCCC2=CCCCC2)c1[N+](=O)[O-]. The quantitative estimate of drug-likeness (QED) is 0.499. The fourth-order valence-electron chi connectivity index (χ4n) is 2.38. The van der Waals surface area contributed by atoms with Gasteiger partial charge in [0.1, 0.15) is 0 Å². The standard InChI is InChI=1S/C14H19N3O2/c1-11-7-9-15-14(13(11)17(18)19)16-10-8-12-5-3-2-4-6-12/h5,7,9H,2-4,6,8,10H2,1H3,(H,15,16). The summed E-state index contributed by atoms with van der Waals surface area (Å²) in [6.45, 7) is 2.43. The Morgan fingerprint density at radius 3 is 3.00 bits per heavy atom. The van der Waals surface area contributed by atoms with E-state index in [2.05, 4.69) is 16.4 Å². The molecule has 1 aromatic heterocycles. The van der Waals surface area contributed by atoms with Crippen LogP contribution in [0.1, 0.15) is 37.7 Å². The molecule has 0 saturated heterocycles. The Morgan fingerprint density at radius 1 is 1.47 bits per heavy atom. The van der Waals surface area contributed by atoms with Crippen molar-refractivity contribution in [1.82, 2.24) is 4.98 Å². The van der Waals surface area contributed by atoms with Crippen LogP contribution < -0.4 is 5.32 Å². The number of nitro groups is 1. The van der Waals surface area contributed by atoms with Gasteiger partial charge in [-0.05, 0) is 45.1 Å². The van der Waals surface area contributed by atoms with Gasteiger partial charge in [-0.2, -0.15) is 0 Å². The number of allylic oxidation sites excluding steroid dienone is 1. The first kappa shape index (κ1) is 13.5. The predicted molar refractivity (Wildman–Crippen MR) is 75.3 cm³/mol. The molecule has 0 atom stereocenters. The summed E-state index contributed by atoms with van der Waals surface area (Å²) in [6.07, 6.45) is 9.69. The molecule has 1 heterocycles. The molecular weight excluding hydrogens is 242 g/mol. The van der Waals surface area contributed by atoms with Gasteiger partial charge in [-0.25, -0.2) is 4.98 Å². The van der Waals surface area contributed by atoms with E-state index in [-0.39, 0.29) is 10.6 Å². The van der Waals surface area contributed by atoms with Crippen molar-refractivity contribution in [2.75, 3.05) is 11.9 Å². The number of nitrogens with zero attached hydrogens (tertiary/aromatic N) is 2. The van der Waals surface area contributed by atoms with Crippen molar-refractivity contribution in [2.45, 2.75) is 39.0 Å². The highest BCUT2D eigenvalue weighted by Gasteiger charge is 2.17. The molecule has 5 heteroatoms. The minimum absolute atomic E-state index is 0.0834. The van der Waals surface area contributed by atoms with Crippen molar-refractivity contribution < 1.29 is 4.92 Å². The largest absolute Gasteiger partial charge is 0.364 e. The monoisotopic (exact) mass is 261 g/mol. The highest BCUT2D eigenvalue weighted by atomic mass is 16.6. The first-order valence-electron chi connectivity index (χ1n) is 6.70. The fraction of sp³-hybridized carbons (Fsp3) is 0.500. The molecule has 0 aliphatic heterocycles. The summed E-state index contributed by atoms with van der Waals surface area (Å²) in [5.41, 5.74) is 2.17. The maximum Gasteiger partial charge on any atom is 0.314 e. The zero-order valence-corrected chi connectivity index (χ0v) is 11.2. The Balaban J connectivity index is 1.97. The average molecular weight is 261 g/mol. The van der Waals surface area contributed by atoms with Crippen molar-refractivity contribution >= 4 is 11.5 Å².